The van der Waals surface area contributed by atoms with Crippen molar-refractivity contribution < 1.29 is 13.2 Å². The lowest BCUT2D eigenvalue weighted by atomic mass is 10.1. The maximum atomic E-state index is 12.7. The van der Waals surface area contributed by atoms with Gasteiger partial charge in [0.25, 0.3) is 0 Å². The summed E-state index contributed by atoms with van der Waals surface area (Å²) < 4.78 is 40.1. The predicted molar refractivity (Wildman–Crippen MR) is 74.0 cm³/mol. The van der Waals surface area contributed by atoms with Crippen LogP contribution in [-0.4, -0.2) is 9.55 Å². The quantitative estimate of drug-likeness (QED) is 0.918. The van der Waals surface area contributed by atoms with Crippen molar-refractivity contribution in [2.75, 3.05) is 5.32 Å². The average molecular weight is 295 g/mol. The second-order valence-corrected chi connectivity index (χ2v) is 5.40. The molecule has 1 heterocycles. The smallest absolute Gasteiger partial charge is 0.352 e. The van der Waals surface area contributed by atoms with Gasteiger partial charge in [0, 0.05) is 18.8 Å². The van der Waals surface area contributed by atoms with E-state index in [2.05, 4.69) is 14.9 Å². The molecule has 2 aromatic rings. The number of nitrogens with one attached hydrogen (secondary N) is 1. The van der Waals surface area contributed by atoms with Crippen LogP contribution in [0.25, 0.3) is 0 Å². The van der Waals surface area contributed by atoms with Crippen LogP contribution in [0.5, 0.6) is 0 Å². The summed E-state index contributed by atoms with van der Waals surface area (Å²) in [5.74, 6) is 0.729. The summed E-state index contributed by atoms with van der Waals surface area (Å²) in [7, 11) is 0. The molecule has 1 aromatic heterocycles. The SMILES string of the molecule is Cc1cn(C2CC2)c(NCc2cccc(C(F)(F)F)c2)n1. The first-order valence-corrected chi connectivity index (χ1v) is 6.89. The van der Waals surface area contributed by atoms with Crippen LogP contribution in [0.1, 0.15) is 35.7 Å². The van der Waals surface area contributed by atoms with E-state index in [9.17, 15) is 13.2 Å². The normalized spacial score (nSPS) is 15.2. The van der Waals surface area contributed by atoms with E-state index in [1.54, 1.807) is 6.07 Å². The van der Waals surface area contributed by atoms with Crippen molar-refractivity contribution in [2.24, 2.45) is 0 Å². The number of rotatable bonds is 4. The van der Waals surface area contributed by atoms with Gasteiger partial charge in [-0.2, -0.15) is 13.2 Å². The number of hydrogen-bond acceptors (Lipinski definition) is 2. The van der Waals surface area contributed by atoms with E-state index in [0.717, 1.165) is 30.6 Å². The Bertz CT molecular complexity index is 642. The Kier molecular flexibility index (Phi) is 3.39. The average Bonchev–Trinajstić information content (AvgIpc) is 3.20. The number of halogens is 3. The lowest BCUT2D eigenvalue weighted by Gasteiger charge is -2.11. The lowest BCUT2D eigenvalue weighted by Crippen LogP contribution is -2.09. The Morgan fingerprint density at radius 3 is 2.76 bits per heavy atom. The Morgan fingerprint density at radius 1 is 1.33 bits per heavy atom. The third-order valence-corrected chi connectivity index (χ3v) is 3.50. The second-order valence-electron chi connectivity index (χ2n) is 5.40. The van der Waals surface area contributed by atoms with E-state index in [0.29, 0.717) is 18.2 Å². The fourth-order valence-electron chi connectivity index (χ4n) is 2.32. The minimum Gasteiger partial charge on any atom is -0.352 e. The first kappa shape index (κ1) is 14.0. The molecule has 0 radical (unpaired) electrons. The van der Waals surface area contributed by atoms with Gasteiger partial charge in [0.2, 0.25) is 5.95 Å². The third-order valence-electron chi connectivity index (χ3n) is 3.50. The van der Waals surface area contributed by atoms with Gasteiger partial charge in [0.15, 0.2) is 0 Å². The van der Waals surface area contributed by atoms with Crippen LogP contribution in [0.3, 0.4) is 0 Å². The van der Waals surface area contributed by atoms with Gasteiger partial charge in [0.05, 0.1) is 11.3 Å². The molecule has 21 heavy (non-hydrogen) atoms. The molecule has 0 aliphatic heterocycles. The molecular weight excluding hydrogens is 279 g/mol. The van der Waals surface area contributed by atoms with E-state index in [1.807, 2.05) is 13.1 Å². The number of alkyl halides is 3. The van der Waals surface area contributed by atoms with Crippen LogP contribution in [0.15, 0.2) is 30.5 Å². The van der Waals surface area contributed by atoms with Crippen molar-refractivity contribution in [3.05, 3.63) is 47.3 Å². The minimum atomic E-state index is -4.31. The van der Waals surface area contributed by atoms with Crippen molar-refractivity contribution in [1.29, 1.82) is 0 Å². The Balaban J connectivity index is 1.73. The van der Waals surface area contributed by atoms with Gasteiger partial charge in [-0.3, -0.25) is 0 Å². The Labute approximate surface area is 120 Å². The van der Waals surface area contributed by atoms with Gasteiger partial charge in [0.1, 0.15) is 0 Å². The van der Waals surface area contributed by atoms with Crippen LogP contribution < -0.4 is 5.32 Å². The molecular formula is C15H16F3N3. The van der Waals surface area contributed by atoms with Crippen LogP contribution in [-0.2, 0) is 12.7 Å². The summed E-state index contributed by atoms with van der Waals surface area (Å²) in [4.78, 5) is 4.39. The molecule has 1 aliphatic carbocycles. The molecule has 3 rings (SSSR count). The van der Waals surface area contributed by atoms with Crippen molar-refractivity contribution in [3.8, 4) is 0 Å². The van der Waals surface area contributed by atoms with Crippen LogP contribution in [0.2, 0.25) is 0 Å². The highest BCUT2D eigenvalue weighted by molar-refractivity contribution is 5.34. The van der Waals surface area contributed by atoms with Gasteiger partial charge in [-0.25, -0.2) is 4.98 Å². The number of imidazole rings is 1. The van der Waals surface area contributed by atoms with Gasteiger partial charge >= 0.3 is 6.18 Å². The number of aromatic nitrogens is 2. The van der Waals surface area contributed by atoms with E-state index in [-0.39, 0.29) is 0 Å². The molecule has 6 heteroatoms. The van der Waals surface area contributed by atoms with Crippen LogP contribution in [0.4, 0.5) is 19.1 Å². The first-order chi connectivity index (χ1) is 9.93. The zero-order chi connectivity index (χ0) is 15.0. The molecule has 0 spiro atoms. The van der Waals surface area contributed by atoms with Gasteiger partial charge in [-0.15, -0.1) is 0 Å². The van der Waals surface area contributed by atoms with E-state index in [1.165, 1.54) is 12.1 Å². The largest absolute Gasteiger partial charge is 0.416 e. The monoisotopic (exact) mass is 295 g/mol. The van der Waals surface area contributed by atoms with Crippen molar-refractivity contribution in [2.45, 2.75) is 38.5 Å². The molecule has 1 aromatic carbocycles. The summed E-state index contributed by atoms with van der Waals surface area (Å²) in [5, 5.41) is 3.13. The molecule has 112 valence electrons. The van der Waals surface area contributed by atoms with Gasteiger partial charge in [-0.05, 0) is 37.5 Å². The number of nitrogens with zero attached hydrogens (tertiary/aromatic N) is 2. The molecule has 0 unspecified atom stereocenters. The maximum absolute atomic E-state index is 12.7. The summed E-state index contributed by atoms with van der Waals surface area (Å²) in [6.45, 7) is 2.24. The number of aryl methyl sites for hydroxylation is 1. The van der Waals surface area contributed by atoms with Gasteiger partial charge < -0.3 is 9.88 Å². The molecule has 1 N–H and O–H groups in total. The number of benzene rings is 1. The fraction of sp³-hybridized carbons (Fsp3) is 0.400. The highest BCUT2D eigenvalue weighted by atomic mass is 19.4. The molecule has 3 nitrogen and oxygen atoms in total. The summed E-state index contributed by atoms with van der Waals surface area (Å²) in [6, 6.07) is 5.84. The molecule has 0 atom stereocenters. The zero-order valence-electron chi connectivity index (χ0n) is 11.6. The van der Waals surface area contributed by atoms with Crippen molar-refractivity contribution in [1.82, 2.24) is 9.55 Å². The van der Waals surface area contributed by atoms with Crippen LogP contribution >= 0.6 is 0 Å². The summed E-state index contributed by atoms with van der Waals surface area (Å²) in [6.07, 6.45) is -0.0622. The zero-order valence-corrected chi connectivity index (χ0v) is 11.6. The van der Waals surface area contributed by atoms with Crippen molar-refractivity contribution in [3.63, 3.8) is 0 Å². The number of anilines is 1. The molecule has 1 saturated carbocycles. The molecule has 0 saturated heterocycles. The third kappa shape index (κ3) is 3.20. The van der Waals surface area contributed by atoms with E-state index >= 15 is 0 Å². The van der Waals surface area contributed by atoms with E-state index < -0.39 is 11.7 Å². The van der Waals surface area contributed by atoms with Crippen LogP contribution in [0, 0.1) is 6.92 Å². The maximum Gasteiger partial charge on any atom is 0.416 e. The summed E-state index contributed by atoms with van der Waals surface area (Å²) in [5.41, 5.74) is 0.879. The Hall–Kier alpha value is -1.98. The number of hydrogen-bond donors (Lipinski definition) is 1. The minimum absolute atomic E-state index is 0.326. The van der Waals surface area contributed by atoms with E-state index in [4.69, 9.17) is 0 Å². The first-order valence-electron chi connectivity index (χ1n) is 6.89. The summed E-state index contributed by atoms with van der Waals surface area (Å²) >= 11 is 0. The molecule has 0 amide bonds. The second kappa shape index (κ2) is 5.09. The highest BCUT2D eigenvalue weighted by Gasteiger charge is 2.30. The molecule has 0 bridgehead atoms. The van der Waals surface area contributed by atoms with Gasteiger partial charge in [-0.1, -0.05) is 12.1 Å². The van der Waals surface area contributed by atoms with Crippen molar-refractivity contribution >= 4 is 5.95 Å². The lowest BCUT2D eigenvalue weighted by molar-refractivity contribution is -0.137. The highest BCUT2D eigenvalue weighted by Crippen LogP contribution is 2.37. The molecule has 1 aliphatic rings. The fourth-order valence-corrected chi connectivity index (χ4v) is 2.32. The molecule has 1 fully saturated rings. The topological polar surface area (TPSA) is 29.9 Å². The predicted octanol–water partition coefficient (Wildman–Crippen LogP) is 4.16. The standard InChI is InChI=1S/C15H16F3N3/c1-10-9-21(13-5-6-13)14(20-10)19-8-11-3-2-4-12(7-11)15(16,17)18/h2-4,7,9,13H,5-6,8H2,1H3,(H,19,20). The Morgan fingerprint density at radius 2 is 2.10 bits per heavy atom.